The highest BCUT2D eigenvalue weighted by atomic mass is 16.4. The Morgan fingerprint density at radius 1 is 1.22 bits per heavy atom. The van der Waals surface area contributed by atoms with E-state index in [4.69, 9.17) is 10.8 Å². The van der Waals surface area contributed by atoms with Crippen LogP contribution in [0.5, 0.6) is 5.75 Å². The second kappa shape index (κ2) is 5.67. The zero-order valence-electron chi connectivity index (χ0n) is 9.34. The van der Waals surface area contributed by atoms with Gasteiger partial charge in [0.1, 0.15) is 5.75 Å². The van der Waals surface area contributed by atoms with Crippen molar-refractivity contribution in [3.63, 3.8) is 0 Å². The predicted octanol–water partition coefficient (Wildman–Crippen LogP) is 0.294. The molecule has 0 fully saturated rings. The van der Waals surface area contributed by atoms with E-state index in [1.165, 1.54) is 18.2 Å². The summed E-state index contributed by atoms with van der Waals surface area (Å²) in [6, 6.07) is 3.82. The summed E-state index contributed by atoms with van der Waals surface area (Å²) in [5.41, 5.74) is 5.20. The zero-order chi connectivity index (χ0) is 13.7. The highest BCUT2D eigenvalue weighted by Gasteiger charge is 2.10. The van der Waals surface area contributed by atoms with Crippen molar-refractivity contribution in [3.8, 4) is 5.75 Å². The summed E-state index contributed by atoms with van der Waals surface area (Å²) in [5.74, 6) is -2.70. The van der Waals surface area contributed by atoms with Crippen LogP contribution in [0.1, 0.15) is 23.2 Å². The van der Waals surface area contributed by atoms with Crippen molar-refractivity contribution in [2.75, 3.05) is 5.32 Å². The van der Waals surface area contributed by atoms with Gasteiger partial charge in [-0.05, 0) is 12.1 Å². The van der Waals surface area contributed by atoms with Crippen LogP contribution in [-0.4, -0.2) is 28.0 Å². The topological polar surface area (TPSA) is 130 Å². The SMILES string of the molecule is NC(=O)c1ccc(NC(=O)CCC(=O)O)cc1O. The number of phenols is 1. The lowest BCUT2D eigenvalue weighted by Crippen LogP contribution is -2.14. The molecular weight excluding hydrogens is 240 g/mol. The minimum absolute atomic E-state index is 0.0569. The van der Waals surface area contributed by atoms with E-state index in [0.29, 0.717) is 0 Å². The molecule has 0 aliphatic rings. The Bertz CT molecular complexity index is 498. The van der Waals surface area contributed by atoms with Gasteiger partial charge in [0.25, 0.3) is 5.91 Å². The number of carboxylic acids is 1. The molecule has 0 saturated heterocycles. The molecule has 0 spiro atoms. The Balaban J connectivity index is 2.69. The third kappa shape index (κ3) is 3.78. The van der Waals surface area contributed by atoms with Gasteiger partial charge in [0.05, 0.1) is 12.0 Å². The first kappa shape index (κ1) is 13.5. The van der Waals surface area contributed by atoms with E-state index in [-0.39, 0.29) is 29.8 Å². The van der Waals surface area contributed by atoms with Crippen LogP contribution in [0.15, 0.2) is 18.2 Å². The van der Waals surface area contributed by atoms with Gasteiger partial charge in [-0.2, -0.15) is 0 Å². The standard InChI is InChI=1S/C11H12N2O5/c12-11(18)7-2-1-6(5-8(7)14)13-9(15)3-4-10(16)17/h1-2,5,14H,3-4H2,(H2,12,18)(H,13,15)(H,16,17). The smallest absolute Gasteiger partial charge is 0.303 e. The maximum Gasteiger partial charge on any atom is 0.303 e. The third-order valence-corrected chi connectivity index (χ3v) is 2.11. The third-order valence-electron chi connectivity index (χ3n) is 2.11. The molecule has 0 aliphatic carbocycles. The van der Waals surface area contributed by atoms with Crippen LogP contribution < -0.4 is 11.1 Å². The van der Waals surface area contributed by atoms with E-state index in [2.05, 4.69) is 5.32 Å². The van der Waals surface area contributed by atoms with Crippen LogP contribution >= 0.6 is 0 Å². The summed E-state index contributed by atoms with van der Waals surface area (Å²) in [6.45, 7) is 0. The highest BCUT2D eigenvalue weighted by molar-refractivity contribution is 5.97. The van der Waals surface area contributed by atoms with E-state index in [0.717, 1.165) is 0 Å². The summed E-state index contributed by atoms with van der Waals surface area (Å²) in [7, 11) is 0. The predicted molar refractivity (Wildman–Crippen MR) is 62.1 cm³/mol. The first-order chi connectivity index (χ1) is 8.40. The summed E-state index contributed by atoms with van der Waals surface area (Å²) >= 11 is 0. The molecule has 1 aromatic carbocycles. The van der Waals surface area contributed by atoms with E-state index < -0.39 is 17.8 Å². The van der Waals surface area contributed by atoms with Crippen molar-refractivity contribution < 1.29 is 24.6 Å². The number of rotatable bonds is 5. The number of hydrogen-bond donors (Lipinski definition) is 4. The van der Waals surface area contributed by atoms with Gasteiger partial charge >= 0.3 is 5.97 Å². The number of benzene rings is 1. The number of carboxylic acid groups (broad SMARTS) is 1. The van der Waals surface area contributed by atoms with Crippen LogP contribution in [0, 0.1) is 0 Å². The molecule has 0 radical (unpaired) electrons. The van der Waals surface area contributed by atoms with Crippen molar-refractivity contribution in [3.05, 3.63) is 23.8 Å². The van der Waals surface area contributed by atoms with Crippen molar-refractivity contribution in [1.82, 2.24) is 0 Å². The lowest BCUT2D eigenvalue weighted by atomic mass is 10.1. The van der Waals surface area contributed by atoms with E-state index in [1.807, 2.05) is 0 Å². The van der Waals surface area contributed by atoms with Gasteiger partial charge in [0.2, 0.25) is 5.91 Å². The molecule has 2 amide bonds. The zero-order valence-corrected chi connectivity index (χ0v) is 9.34. The fourth-order valence-corrected chi connectivity index (χ4v) is 1.26. The number of primary amides is 1. The quantitative estimate of drug-likeness (QED) is 0.598. The molecule has 0 unspecified atom stereocenters. The molecule has 5 N–H and O–H groups in total. The van der Waals surface area contributed by atoms with Crippen LogP contribution in [0.2, 0.25) is 0 Å². The Labute approximate surface area is 102 Å². The molecule has 0 aliphatic heterocycles. The van der Waals surface area contributed by atoms with Gasteiger partial charge < -0.3 is 21.3 Å². The maximum absolute atomic E-state index is 11.3. The minimum Gasteiger partial charge on any atom is -0.507 e. The van der Waals surface area contributed by atoms with Crippen LogP contribution in [0.4, 0.5) is 5.69 Å². The van der Waals surface area contributed by atoms with E-state index in [1.54, 1.807) is 0 Å². The number of carbonyl (C=O) groups is 3. The average molecular weight is 252 g/mol. The molecule has 1 rings (SSSR count). The van der Waals surface area contributed by atoms with Crippen molar-refractivity contribution in [2.24, 2.45) is 5.73 Å². The number of aromatic hydroxyl groups is 1. The van der Waals surface area contributed by atoms with Gasteiger partial charge in [-0.25, -0.2) is 0 Å². The first-order valence-corrected chi connectivity index (χ1v) is 5.04. The van der Waals surface area contributed by atoms with Crippen LogP contribution in [-0.2, 0) is 9.59 Å². The van der Waals surface area contributed by atoms with Gasteiger partial charge in [0.15, 0.2) is 0 Å². The molecule has 0 bridgehead atoms. The van der Waals surface area contributed by atoms with E-state index in [9.17, 15) is 19.5 Å². The Morgan fingerprint density at radius 3 is 2.39 bits per heavy atom. The number of carbonyl (C=O) groups excluding carboxylic acids is 2. The number of aliphatic carboxylic acids is 1. The van der Waals surface area contributed by atoms with Crippen molar-refractivity contribution >= 4 is 23.5 Å². The minimum atomic E-state index is -1.07. The largest absolute Gasteiger partial charge is 0.507 e. The molecule has 7 nitrogen and oxygen atoms in total. The lowest BCUT2D eigenvalue weighted by Gasteiger charge is -2.06. The lowest BCUT2D eigenvalue weighted by molar-refractivity contribution is -0.138. The monoisotopic (exact) mass is 252 g/mol. The number of amides is 2. The summed E-state index contributed by atoms with van der Waals surface area (Å²) < 4.78 is 0. The molecule has 18 heavy (non-hydrogen) atoms. The summed E-state index contributed by atoms with van der Waals surface area (Å²) in [6.07, 6.45) is -0.454. The van der Waals surface area contributed by atoms with Crippen molar-refractivity contribution in [1.29, 1.82) is 0 Å². The van der Waals surface area contributed by atoms with Gasteiger partial charge in [-0.3, -0.25) is 14.4 Å². The summed E-state index contributed by atoms with van der Waals surface area (Å²) in [4.78, 5) is 32.4. The van der Waals surface area contributed by atoms with Gasteiger partial charge in [-0.1, -0.05) is 0 Å². The number of hydrogen-bond acceptors (Lipinski definition) is 4. The van der Waals surface area contributed by atoms with E-state index >= 15 is 0 Å². The first-order valence-electron chi connectivity index (χ1n) is 5.04. The molecule has 0 heterocycles. The van der Waals surface area contributed by atoms with Crippen LogP contribution in [0.25, 0.3) is 0 Å². The number of nitrogens with one attached hydrogen (secondary N) is 1. The summed E-state index contributed by atoms with van der Waals surface area (Å²) in [5, 5.41) is 20.2. The van der Waals surface area contributed by atoms with Crippen molar-refractivity contribution in [2.45, 2.75) is 12.8 Å². The number of anilines is 1. The molecule has 1 aromatic rings. The molecular formula is C11H12N2O5. The highest BCUT2D eigenvalue weighted by Crippen LogP contribution is 2.21. The van der Waals surface area contributed by atoms with Gasteiger partial charge in [-0.15, -0.1) is 0 Å². The average Bonchev–Trinajstić information content (AvgIpc) is 2.26. The fourth-order valence-electron chi connectivity index (χ4n) is 1.26. The maximum atomic E-state index is 11.3. The second-order valence-electron chi connectivity index (χ2n) is 3.54. The second-order valence-corrected chi connectivity index (χ2v) is 3.54. The number of nitrogens with two attached hydrogens (primary N) is 1. The Kier molecular flexibility index (Phi) is 4.25. The fraction of sp³-hybridized carbons (Fsp3) is 0.182. The Hall–Kier alpha value is -2.57. The van der Waals surface area contributed by atoms with Gasteiger partial charge in [0, 0.05) is 18.2 Å². The normalized spacial score (nSPS) is 9.78. The molecule has 0 saturated carbocycles. The molecule has 0 aromatic heterocycles. The molecule has 7 heteroatoms. The Morgan fingerprint density at radius 2 is 1.89 bits per heavy atom. The molecule has 96 valence electrons. The van der Waals surface area contributed by atoms with Crippen LogP contribution in [0.3, 0.4) is 0 Å². The molecule has 0 atom stereocenters.